The maximum absolute atomic E-state index is 13.7. The third kappa shape index (κ3) is 10.6. The number of hydrazine groups is 1. The lowest BCUT2D eigenvalue weighted by atomic mass is 10.2. The van der Waals surface area contributed by atoms with Crippen LogP contribution in [0.5, 0.6) is 0 Å². The molecule has 1 atom stereocenters. The van der Waals surface area contributed by atoms with Crippen LogP contribution >= 0.6 is 31.0 Å². The number of carbonyl (C=O) groups is 4. The smallest absolute Gasteiger partial charge is 0.258 e. The molecule has 1 aliphatic heterocycles. The van der Waals surface area contributed by atoms with Crippen LogP contribution in [0.2, 0.25) is 0 Å². The monoisotopic (exact) mass is 476 g/mol. The Morgan fingerprint density at radius 2 is 1.53 bits per heavy atom. The minimum atomic E-state index is -3.57. The number of carbonyl (C=O) groups excluding carboxylic acids is 4. The average Bonchev–Trinajstić information content (AvgIpc) is 2.74. The van der Waals surface area contributed by atoms with Gasteiger partial charge in [-0.15, -0.1) is 23.5 Å². The summed E-state index contributed by atoms with van der Waals surface area (Å²) in [5.74, 6) is -0.949. The number of hydrogen-bond donors (Lipinski definition) is 3. The highest BCUT2D eigenvalue weighted by atomic mass is 32.2. The minimum Gasteiger partial charge on any atom is -0.343 e. The van der Waals surface area contributed by atoms with E-state index < -0.39 is 19.3 Å². The van der Waals surface area contributed by atoms with E-state index >= 15 is 0 Å². The molecule has 12 heteroatoms. The number of ketones is 2. The molecule has 0 aromatic carbocycles. The maximum Gasteiger partial charge on any atom is 0.258 e. The summed E-state index contributed by atoms with van der Waals surface area (Å²) in [5, 5.41) is 8.99. The summed E-state index contributed by atoms with van der Waals surface area (Å²) in [4.78, 5) is 47.7. The molecule has 2 amide bonds. The first-order chi connectivity index (χ1) is 14.3. The molecule has 1 heterocycles. The van der Waals surface area contributed by atoms with Gasteiger partial charge in [0.15, 0.2) is 0 Å². The first-order valence-electron chi connectivity index (χ1n) is 9.60. The van der Waals surface area contributed by atoms with Crippen molar-refractivity contribution >= 4 is 54.3 Å². The zero-order valence-electron chi connectivity index (χ0n) is 17.2. The van der Waals surface area contributed by atoms with Gasteiger partial charge in [0, 0.05) is 56.0 Å². The van der Waals surface area contributed by atoms with Gasteiger partial charge in [-0.3, -0.25) is 29.2 Å². The van der Waals surface area contributed by atoms with Gasteiger partial charge in [0.05, 0.1) is 6.29 Å². The van der Waals surface area contributed by atoms with Crippen LogP contribution < -0.4 is 15.9 Å². The maximum atomic E-state index is 13.7. The third-order valence-corrected chi connectivity index (χ3v) is 8.24. The molecule has 0 aromatic rings. The summed E-state index contributed by atoms with van der Waals surface area (Å²) in [6.45, 7) is 3.75. The van der Waals surface area contributed by atoms with E-state index in [-0.39, 0.29) is 43.8 Å². The number of amides is 2. The lowest BCUT2D eigenvalue weighted by Gasteiger charge is -2.32. The zero-order valence-corrected chi connectivity index (χ0v) is 19.7. The normalized spacial score (nSPS) is 23.2. The lowest BCUT2D eigenvalue weighted by molar-refractivity contribution is -0.119. The van der Waals surface area contributed by atoms with Gasteiger partial charge in [0.25, 0.3) is 5.91 Å². The predicted octanol–water partition coefficient (Wildman–Crippen LogP) is 2.38. The summed E-state index contributed by atoms with van der Waals surface area (Å²) in [6.07, 6.45) is 3.36. The van der Waals surface area contributed by atoms with E-state index in [1.807, 2.05) is 0 Å². The molecule has 9 nitrogen and oxygen atoms in total. The van der Waals surface area contributed by atoms with Gasteiger partial charge >= 0.3 is 0 Å². The molecular formula is C18H29N4O5PS2. The van der Waals surface area contributed by atoms with Crippen LogP contribution in [0.25, 0.3) is 0 Å². The lowest BCUT2D eigenvalue weighted by Crippen LogP contribution is -2.44. The number of Topliss-reactive ketones (excluding diaryl/α,β-unsaturated/α-hetero) is 2. The van der Waals surface area contributed by atoms with Crippen molar-refractivity contribution in [3.63, 3.8) is 0 Å². The van der Waals surface area contributed by atoms with E-state index in [1.165, 1.54) is 40.3 Å². The molecular weight excluding hydrogens is 447 g/mol. The summed E-state index contributed by atoms with van der Waals surface area (Å²) >= 11 is 2.76. The van der Waals surface area contributed by atoms with Crippen molar-refractivity contribution in [3.05, 3.63) is 23.0 Å². The number of thioether (sulfide) groups is 2. The molecule has 3 N–H and O–H groups in total. The molecule has 30 heavy (non-hydrogen) atoms. The van der Waals surface area contributed by atoms with Gasteiger partial charge in [0.2, 0.25) is 13.4 Å². The van der Waals surface area contributed by atoms with Crippen LogP contribution in [0.15, 0.2) is 23.0 Å². The third-order valence-electron chi connectivity index (χ3n) is 4.13. The second kappa shape index (κ2) is 14.6. The fraction of sp³-hybridized carbons (Fsp3) is 0.556. The van der Waals surface area contributed by atoms with E-state index in [1.54, 1.807) is 24.7 Å². The molecule has 1 rings (SSSR count). The second-order valence-corrected chi connectivity index (χ2v) is 11.0. The van der Waals surface area contributed by atoms with Gasteiger partial charge in [-0.05, 0) is 10.8 Å². The number of nitrogens with one attached hydrogen (secondary N) is 3. The molecule has 0 aliphatic carbocycles. The molecule has 0 fully saturated rings. The molecule has 1 aliphatic rings. The van der Waals surface area contributed by atoms with Gasteiger partial charge in [-0.2, -0.15) is 5.20 Å². The highest BCUT2D eigenvalue weighted by Crippen LogP contribution is 2.43. The van der Waals surface area contributed by atoms with Gasteiger partial charge < -0.3 is 5.32 Å². The van der Waals surface area contributed by atoms with Crippen LogP contribution in [-0.2, 0) is 23.7 Å². The molecule has 0 aromatic heterocycles. The summed E-state index contributed by atoms with van der Waals surface area (Å²) < 4.78 is 15.2. The Kier molecular flexibility index (Phi) is 13.0. The number of nitrogens with zero attached hydrogens (tertiary/aromatic N) is 1. The highest BCUT2D eigenvalue weighted by molar-refractivity contribution is 8.18. The van der Waals surface area contributed by atoms with Crippen molar-refractivity contribution in [2.24, 2.45) is 0 Å². The van der Waals surface area contributed by atoms with E-state index in [0.717, 1.165) is 0 Å². The van der Waals surface area contributed by atoms with Gasteiger partial charge in [0.1, 0.15) is 11.6 Å². The SMILES string of the molecule is CCC(=O)CCN(CCC(=O)CC)P1(=O)CNC(=O)/C=C/SCS/C=C/C(=O)NN1. The van der Waals surface area contributed by atoms with Gasteiger partial charge in [-0.25, -0.2) is 4.67 Å². The summed E-state index contributed by atoms with van der Waals surface area (Å²) in [6, 6.07) is 0. The molecule has 0 radical (unpaired) electrons. The Labute approximate surface area is 185 Å². The largest absolute Gasteiger partial charge is 0.343 e. The fourth-order valence-electron chi connectivity index (χ4n) is 2.27. The summed E-state index contributed by atoms with van der Waals surface area (Å²) in [5.41, 5.74) is 2.39. The first-order valence-corrected chi connectivity index (χ1v) is 13.5. The van der Waals surface area contributed by atoms with Crippen LogP contribution in [0.3, 0.4) is 0 Å². The van der Waals surface area contributed by atoms with Crippen molar-refractivity contribution < 1.29 is 23.7 Å². The van der Waals surface area contributed by atoms with Crippen LogP contribution in [0, 0.1) is 0 Å². The molecule has 1 unspecified atom stereocenters. The van der Waals surface area contributed by atoms with E-state index in [9.17, 15) is 23.7 Å². The molecule has 0 saturated heterocycles. The van der Waals surface area contributed by atoms with Crippen molar-refractivity contribution in [2.75, 3.05) is 24.5 Å². The van der Waals surface area contributed by atoms with E-state index in [4.69, 9.17) is 0 Å². The van der Waals surface area contributed by atoms with Crippen molar-refractivity contribution in [1.29, 1.82) is 0 Å². The average molecular weight is 477 g/mol. The fourth-order valence-corrected chi connectivity index (χ4v) is 5.58. The van der Waals surface area contributed by atoms with Crippen molar-refractivity contribution in [2.45, 2.75) is 39.5 Å². The number of rotatable bonds is 9. The Balaban J connectivity index is 3.07. The van der Waals surface area contributed by atoms with Gasteiger partial charge in [-0.1, -0.05) is 13.8 Å². The quantitative estimate of drug-likeness (QED) is 0.430. The second-order valence-electron chi connectivity index (χ2n) is 6.30. The molecule has 168 valence electrons. The van der Waals surface area contributed by atoms with E-state index in [2.05, 4.69) is 15.9 Å². The van der Waals surface area contributed by atoms with Crippen molar-refractivity contribution in [1.82, 2.24) is 20.6 Å². The first kappa shape index (κ1) is 26.6. The Bertz CT molecular complexity index is 675. The predicted molar refractivity (Wildman–Crippen MR) is 122 cm³/mol. The molecule has 0 saturated carbocycles. The van der Waals surface area contributed by atoms with Crippen LogP contribution in [0.4, 0.5) is 0 Å². The topological polar surface area (TPSA) is 125 Å². The summed E-state index contributed by atoms with van der Waals surface area (Å²) in [7, 11) is -3.57. The Hall–Kier alpha value is -1.39. The van der Waals surface area contributed by atoms with Crippen LogP contribution in [-0.4, -0.2) is 52.5 Å². The standard InChI is InChI=1S/C18H29N4O5PS2/c1-3-15(23)5-9-22(10-6-16(24)4-2)28(27)13-19-17(25)7-11-29-14-30-12-8-18(26)20-21-28/h7-8,11-12H,3-6,9-10,13-14H2,1-2H3,(H,19,25)(H,20,26)(H,21,27)/b11-7+,12-8+. The van der Waals surface area contributed by atoms with Crippen LogP contribution in [0.1, 0.15) is 39.5 Å². The Morgan fingerprint density at radius 1 is 1.00 bits per heavy atom. The molecule has 0 bridgehead atoms. The Morgan fingerprint density at radius 3 is 2.07 bits per heavy atom. The highest BCUT2D eigenvalue weighted by Gasteiger charge is 2.32. The van der Waals surface area contributed by atoms with Crippen molar-refractivity contribution in [3.8, 4) is 0 Å². The number of hydrogen-bond acceptors (Lipinski definition) is 7. The minimum absolute atomic E-state index is 0.0107. The van der Waals surface area contributed by atoms with E-state index in [0.29, 0.717) is 17.9 Å². The zero-order chi connectivity index (χ0) is 22.4. The molecule has 0 spiro atoms.